The Labute approximate surface area is 229 Å². The maximum absolute atomic E-state index is 13.8. The number of esters is 1. The number of amides is 1. The van der Waals surface area contributed by atoms with Crippen LogP contribution in [0.1, 0.15) is 44.2 Å². The van der Waals surface area contributed by atoms with Crippen LogP contribution in [0.2, 0.25) is 5.02 Å². The lowest BCUT2D eigenvalue weighted by molar-refractivity contribution is -0.217. The number of fused-ring (bicyclic) bond motifs is 1. The van der Waals surface area contributed by atoms with Crippen molar-refractivity contribution in [1.29, 1.82) is 0 Å². The zero-order chi connectivity index (χ0) is 27.4. The van der Waals surface area contributed by atoms with Crippen molar-refractivity contribution in [3.8, 4) is 0 Å². The fraction of sp³-hybridized carbons (Fsp3) is 0.607. The summed E-state index contributed by atoms with van der Waals surface area (Å²) in [7, 11) is 0. The van der Waals surface area contributed by atoms with Gasteiger partial charge in [0.1, 0.15) is 0 Å². The van der Waals surface area contributed by atoms with Crippen LogP contribution in [0.3, 0.4) is 0 Å². The van der Waals surface area contributed by atoms with E-state index in [1.807, 2.05) is 12.1 Å². The number of hydrogen-bond acceptors (Lipinski definition) is 6. The number of nitrogens with one attached hydrogen (secondary N) is 2. The fourth-order valence-electron chi connectivity index (χ4n) is 7.85. The smallest absolute Gasteiger partial charge is 0.445 e. The Hall–Kier alpha value is -2.43. The van der Waals surface area contributed by atoms with Crippen molar-refractivity contribution in [2.75, 3.05) is 31.5 Å². The first-order chi connectivity index (χ1) is 18.6. The van der Waals surface area contributed by atoms with E-state index in [-0.39, 0.29) is 10.7 Å². The summed E-state index contributed by atoms with van der Waals surface area (Å²) >= 11 is 6.50. The van der Waals surface area contributed by atoms with Gasteiger partial charge >= 0.3 is 12.1 Å². The fourth-order valence-corrected chi connectivity index (χ4v) is 8.06. The van der Waals surface area contributed by atoms with E-state index in [4.69, 9.17) is 21.3 Å². The molecule has 5 aliphatic rings. The number of rotatable bonds is 6. The van der Waals surface area contributed by atoms with E-state index in [0.29, 0.717) is 54.5 Å². The standard InChI is InChI=1S/C28H32ClF3N4O3/c29-21-3-4-22-20(2-1-19(34-22)15-36-7-5-33-6-8-36)23(21)35-25(37)24(39-26(38)28(30,31)32)27-12-16-9-17(13-27)11-18(10-16)14-27/h1-4,16-18,24,33H,5-15H2,(H,35,37). The van der Waals surface area contributed by atoms with Gasteiger partial charge in [-0.25, -0.2) is 4.79 Å². The van der Waals surface area contributed by atoms with Gasteiger partial charge in [-0.15, -0.1) is 0 Å². The van der Waals surface area contributed by atoms with Crippen molar-refractivity contribution in [3.05, 3.63) is 35.0 Å². The highest BCUT2D eigenvalue weighted by atomic mass is 35.5. The molecule has 4 saturated carbocycles. The van der Waals surface area contributed by atoms with Crippen LogP contribution in [0.4, 0.5) is 18.9 Å². The first-order valence-electron chi connectivity index (χ1n) is 13.7. The molecule has 2 aromatic rings. The number of halogens is 4. The molecule has 1 atom stereocenters. The number of aromatic nitrogens is 1. The SMILES string of the molecule is O=C(Nc1c(Cl)ccc2nc(CN3CCNCC3)ccc12)C(OC(=O)C(F)(F)F)C12CC3CC(CC(C3)C1)C2. The van der Waals surface area contributed by atoms with Crippen molar-refractivity contribution < 1.29 is 27.5 Å². The number of piperazine rings is 1. The van der Waals surface area contributed by atoms with Gasteiger partial charge in [0.2, 0.25) is 0 Å². The first-order valence-corrected chi connectivity index (χ1v) is 14.1. The van der Waals surface area contributed by atoms with E-state index in [2.05, 4.69) is 15.5 Å². The number of alkyl halides is 3. The molecule has 4 aliphatic carbocycles. The lowest BCUT2D eigenvalue weighted by atomic mass is 9.48. The zero-order valence-corrected chi connectivity index (χ0v) is 22.3. The molecule has 1 unspecified atom stereocenters. The second-order valence-electron chi connectivity index (χ2n) is 11.9. The van der Waals surface area contributed by atoms with E-state index in [1.54, 1.807) is 12.1 Å². The van der Waals surface area contributed by atoms with E-state index < -0.39 is 29.6 Å². The largest absolute Gasteiger partial charge is 0.490 e. The Morgan fingerprint density at radius 3 is 2.33 bits per heavy atom. The quantitative estimate of drug-likeness (QED) is 0.485. The van der Waals surface area contributed by atoms with Gasteiger partial charge in [-0.3, -0.25) is 14.7 Å². The zero-order valence-electron chi connectivity index (χ0n) is 21.5. The molecule has 1 saturated heterocycles. The van der Waals surface area contributed by atoms with Crippen LogP contribution in [-0.2, 0) is 20.9 Å². The molecular weight excluding hydrogens is 533 g/mol. The summed E-state index contributed by atoms with van der Waals surface area (Å²) in [5.74, 6) is -2.07. The molecule has 1 aromatic heterocycles. The third kappa shape index (κ3) is 5.35. The van der Waals surface area contributed by atoms with Crippen molar-refractivity contribution in [3.63, 3.8) is 0 Å². The highest BCUT2D eigenvalue weighted by Gasteiger charge is 2.59. The molecule has 1 aromatic carbocycles. The summed E-state index contributed by atoms with van der Waals surface area (Å²) in [5.41, 5.74) is 0.944. The highest BCUT2D eigenvalue weighted by molar-refractivity contribution is 6.35. The maximum Gasteiger partial charge on any atom is 0.490 e. The summed E-state index contributed by atoms with van der Waals surface area (Å²) in [6, 6.07) is 7.07. The second-order valence-corrected chi connectivity index (χ2v) is 12.3. The number of pyridine rings is 1. The number of carbonyl (C=O) groups excluding carboxylic acids is 2. The predicted molar refractivity (Wildman–Crippen MR) is 140 cm³/mol. The molecule has 11 heteroatoms. The highest BCUT2D eigenvalue weighted by Crippen LogP contribution is 2.62. The van der Waals surface area contributed by atoms with E-state index in [1.165, 1.54) is 0 Å². The number of anilines is 1. The van der Waals surface area contributed by atoms with Crippen LogP contribution in [0, 0.1) is 23.2 Å². The van der Waals surface area contributed by atoms with Crippen LogP contribution in [-0.4, -0.2) is 60.2 Å². The summed E-state index contributed by atoms with van der Waals surface area (Å²) in [5, 5.41) is 6.89. The average Bonchev–Trinajstić information content (AvgIpc) is 2.88. The lowest BCUT2D eigenvalue weighted by Crippen LogP contribution is -2.57. The van der Waals surface area contributed by atoms with Gasteiger partial charge in [0.05, 0.1) is 21.9 Å². The molecular formula is C28H32ClF3N4O3. The minimum atomic E-state index is -5.19. The molecule has 2 heterocycles. The number of nitrogens with zero attached hydrogens (tertiary/aromatic N) is 2. The Morgan fingerprint density at radius 2 is 1.72 bits per heavy atom. The van der Waals surface area contributed by atoms with E-state index >= 15 is 0 Å². The Kier molecular flexibility index (Phi) is 7.00. The number of benzene rings is 1. The first kappa shape index (κ1) is 26.8. The van der Waals surface area contributed by atoms with Gasteiger partial charge in [0.15, 0.2) is 6.10 Å². The van der Waals surface area contributed by atoms with E-state index in [9.17, 15) is 22.8 Å². The Bertz CT molecular complexity index is 1250. The number of hydrogen-bond donors (Lipinski definition) is 2. The van der Waals surface area contributed by atoms with Crippen molar-refractivity contribution in [2.24, 2.45) is 23.2 Å². The topological polar surface area (TPSA) is 83.6 Å². The van der Waals surface area contributed by atoms with Crippen molar-refractivity contribution >= 4 is 40.1 Å². The third-order valence-electron chi connectivity index (χ3n) is 9.06. The lowest BCUT2D eigenvalue weighted by Gasteiger charge is -2.58. The molecule has 39 heavy (non-hydrogen) atoms. The monoisotopic (exact) mass is 564 g/mol. The number of carbonyl (C=O) groups is 2. The minimum Gasteiger partial charge on any atom is -0.445 e. The molecule has 5 fully saturated rings. The van der Waals surface area contributed by atoms with Gasteiger partial charge in [0, 0.05) is 43.5 Å². The van der Waals surface area contributed by atoms with Crippen LogP contribution in [0.25, 0.3) is 10.9 Å². The van der Waals surface area contributed by atoms with E-state index in [0.717, 1.165) is 51.1 Å². The third-order valence-corrected chi connectivity index (χ3v) is 9.37. The number of ether oxygens (including phenoxy) is 1. The van der Waals surface area contributed by atoms with Gasteiger partial charge in [-0.05, 0) is 80.5 Å². The molecule has 0 radical (unpaired) electrons. The Balaban J connectivity index is 1.29. The van der Waals surface area contributed by atoms with Crippen LogP contribution in [0.5, 0.6) is 0 Å². The molecule has 1 aliphatic heterocycles. The molecule has 2 N–H and O–H groups in total. The summed E-state index contributed by atoms with van der Waals surface area (Å²) < 4.78 is 45.0. The average molecular weight is 565 g/mol. The summed E-state index contributed by atoms with van der Waals surface area (Å²) in [6.45, 7) is 4.36. The van der Waals surface area contributed by atoms with Crippen molar-refractivity contribution in [1.82, 2.24) is 15.2 Å². The van der Waals surface area contributed by atoms with Crippen LogP contribution < -0.4 is 10.6 Å². The van der Waals surface area contributed by atoms with Gasteiger partial charge in [-0.1, -0.05) is 11.6 Å². The molecule has 1 amide bonds. The molecule has 210 valence electrons. The minimum absolute atomic E-state index is 0.235. The Morgan fingerprint density at radius 1 is 1.08 bits per heavy atom. The second kappa shape index (κ2) is 10.2. The maximum atomic E-state index is 13.8. The van der Waals surface area contributed by atoms with Gasteiger partial charge < -0.3 is 15.4 Å². The summed E-state index contributed by atoms with van der Waals surface area (Å²) in [6.07, 6.45) is -1.91. The molecule has 0 spiro atoms. The molecule has 4 bridgehead atoms. The van der Waals surface area contributed by atoms with Gasteiger partial charge in [0.25, 0.3) is 5.91 Å². The summed E-state index contributed by atoms with van der Waals surface area (Å²) in [4.78, 5) is 32.9. The van der Waals surface area contributed by atoms with Crippen LogP contribution >= 0.6 is 11.6 Å². The predicted octanol–water partition coefficient (Wildman–Crippen LogP) is 4.92. The molecule has 7 rings (SSSR count). The van der Waals surface area contributed by atoms with Crippen molar-refractivity contribution in [2.45, 2.75) is 57.3 Å². The normalized spacial score (nSPS) is 29.4. The van der Waals surface area contributed by atoms with Crippen LogP contribution in [0.15, 0.2) is 24.3 Å². The molecule has 7 nitrogen and oxygen atoms in total. The van der Waals surface area contributed by atoms with Gasteiger partial charge in [-0.2, -0.15) is 13.2 Å².